The summed E-state index contributed by atoms with van der Waals surface area (Å²) in [6, 6.07) is 18.0. The molecule has 3 rings (SSSR count). The molecule has 0 saturated carbocycles. The van der Waals surface area contributed by atoms with Gasteiger partial charge >= 0.3 is 0 Å². The van der Waals surface area contributed by atoms with Gasteiger partial charge < -0.3 is 10.6 Å². The molecule has 1 aliphatic rings. The molecule has 1 amide bonds. The van der Waals surface area contributed by atoms with E-state index in [0.29, 0.717) is 5.56 Å². The quantitative estimate of drug-likeness (QED) is 0.739. The number of nitrogens with one attached hydrogen (secondary N) is 2. The lowest BCUT2D eigenvalue weighted by Crippen LogP contribution is -2.71. The zero-order valence-corrected chi connectivity index (χ0v) is 16.7. The van der Waals surface area contributed by atoms with Gasteiger partial charge in [-0.1, -0.05) is 36.4 Å². The SMILES string of the molecule is CS(=O)(=O)C1(C(=O)N[C@H](C#N)Cc2ccc(-c3ccc(C#N)cc3)cc2)CNC1. The monoisotopic (exact) mass is 408 g/mol. The van der Waals surface area contributed by atoms with Gasteiger partial charge in [0.05, 0.1) is 17.7 Å². The maximum absolute atomic E-state index is 12.5. The van der Waals surface area contributed by atoms with Crippen LogP contribution in [0.2, 0.25) is 0 Å². The molecule has 1 fully saturated rings. The molecular formula is C21H20N4O3S. The molecule has 0 unspecified atom stereocenters. The zero-order valence-electron chi connectivity index (χ0n) is 15.8. The van der Waals surface area contributed by atoms with Crippen molar-refractivity contribution >= 4 is 15.7 Å². The smallest absolute Gasteiger partial charge is 0.245 e. The number of sulfone groups is 1. The number of rotatable bonds is 6. The third kappa shape index (κ3) is 4.14. The number of nitrogens with zero attached hydrogens (tertiary/aromatic N) is 2. The molecule has 0 aromatic heterocycles. The molecule has 0 aliphatic carbocycles. The maximum atomic E-state index is 12.5. The van der Waals surface area contributed by atoms with Crippen molar-refractivity contribution in [3.8, 4) is 23.3 Å². The normalized spacial score (nSPS) is 16.0. The fraction of sp³-hybridized carbons (Fsp3) is 0.286. The molecule has 2 aromatic carbocycles. The molecule has 7 nitrogen and oxygen atoms in total. The van der Waals surface area contributed by atoms with Crippen LogP contribution in [0.1, 0.15) is 11.1 Å². The number of carbonyl (C=O) groups excluding carboxylic acids is 1. The third-order valence-electron chi connectivity index (χ3n) is 5.15. The minimum Gasteiger partial charge on any atom is -0.339 e. The van der Waals surface area contributed by atoms with E-state index in [4.69, 9.17) is 5.26 Å². The number of carbonyl (C=O) groups is 1. The van der Waals surface area contributed by atoms with E-state index in [1.54, 1.807) is 12.1 Å². The van der Waals surface area contributed by atoms with E-state index in [0.717, 1.165) is 22.9 Å². The Balaban J connectivity index is 1.69. The first-order valence-corrected chi connectivity index (χ1v) is 10.9. The molecule has 0 radical (unpaired) electrons. The van der Waals surface area contributed by atoms with Crippen LogP contribution in [0, 0.1) is 22.7 Å². The van der Waals surface area contributed by atoms with Gasteiger partial charge in [0.15, 0.2) is 14.6 Å². The highest BCUT2D eigenvalue weighted by atomic mass is 32.2. The summed E-state index contributed by atoms with van der Waals surface area (Å²) in [6.07, 6.45) is 1.31. The second-order valence-corrected chi connectivity index (χ2v) is 9.44. The Morgan fingerprint density at radius 3 is 2.07 bits per heavy atom. The summed E-state index contributed by atoms with van der Waals surface area (Å²) in [4.78, 5) is 12.5. The first kappa shape index (κ1) is 20.5. The van der Waals surface area contributed by atoms with Crippen LogP contribution in [0.4, 0.5) is 0 Å². The Hall–Kier alpha value is -3.20. The highest BCUT2D eigenvalue weighted by Gasteiger charge is 2.53. The van der Waals surface area contributed by atoms with E-state index in [2.05, 4.69) is 16.7 Å². The summed E-state index contributed by atoms with van der Waals surface area (Å²) in [5, 5.41) is 23.7. The Morgan fingerprint density at radius 2 is 1.66 bits per heavy atom. The van der Waals surface area contributed by atoms with Gasteiger partial charge in [0.25, 0.3) is 0 Å². The summed E-state index contributed by atoms with van der Waals surface area (Å²) in [5.41, 5.74) is 3.36. The summed E-state index contributed by atoms with van der Waals surface area (Å²) in [5.74, 6) is -0.639. The van der Waals surface area contributed by atoms with Crippen molar-refractivity contribution in [1.82, 2.24) is 10.6 Å². The maximum Gasteiger partial charge on any atom is 0.245 e. The van der Waals surface area contributed by atoms with Crippen LogP contribution in [0.15, 0.2) is 48.5 Å². The van der Waals surface area contributed by atoms with Crippen LogP contribution >= 0.6 is 0 Å². The number of nitriles is 2. The van der Waals surface area contributed by atoms with Gasteiger partial charge in [-0.2, -0.15) is 10.5 Å². The standard InChI is InChI=1S/C21H20N4O3S/c1-29(27,28)21(13-24-14-21)20(26)25-19(12-23)10-15-2-6-17(7-3-15)18-8-4-16(11-22)5-9-18/h2-9,19,24H,10,13-14H2,1H3,(H,25,26)/t19-/m0/s1. The molecule has 1 atom stereocenters. The van der Waals surface area contributed by atoms with Gasteiger partial charge in [-0.3, -0.25) is 4.79 Å². The van der Waals surface area contributed by atoms with Gasteiger partial charge in [0.1, 0.15) is 6.04 Å². The molecule has 29 heavy (non-hydrogen) atoms. The Bertz CT molecular complexity index is 1090. The van der Waals surface area contributed by atoms with E-state index < -0.39 is 26.5 Å². The Labute approximate surface area is 169 Å². The van der Waals surface area contributed by atoms with Crippen molar-refractivity contribution in [2.75, 3.05) is 19.3 Å². The Morgan fingerprint density at radius 1 is 1.10 bits per heavy atom. The van der Waals surface area contributed by atoms with Gasteiger partial charge in [0, 0.05) is 25.8 Å². The summed E-state index contributed by atoms with van der Waals surface area (Å²) in [6.45, 7) is 0.101. The highest BCUT2D eigenvalue weighted by molar-refractivity contribution is 7.93. The molecular weight excluding hydrogens is 388 g/mol. The summed E-state index contributed by atoms with van der Waals surface area (Å²) >= 11 is 0. The van der Waals surface area contributed by atoms with Crippen molar-refractivity contribution < 1.29 is 13.2 Å². The highest BCUT2D eigenvalue weighted by Crippen LogP contribution is 2.23. The number of benzene rings is 2. The van der Waals surface area contributed by atoms with Crippen LogP contribution in [0.25, 0.3) is 11.1 Å². The number of amides is 1. The van der Waals surface area contributed by atoms with E-state index in [-0.39, 0.29) is 19.5 Å². The molecule has 0 spiro atoms. The fourth-order valence-electron chi connectivity index (χ4n) is 3.17. The summed E-state index contributed by atoms with van der Waals surface area (Å²) in [7, 11) is -3.60. The second kappa shape index (κ2) is 8.04. The van der Waals surface area contributed by atoms with E-state index in [1.807, 2.05) is 42.5 Å². The van der Waals surface area contributed by atoms with Gasteiger partial charge in [-0.05, 0) is 28.8 Å². The largest absolute Gasteiger partial charge is 0.339 e. The lowest BCUT2D eigenvalue weighted by molar-refractivity contribution is -0.125. The first-order chi connectivity index (χ1) is 13.8. The van der Waals surface area contributed by atoms with Gasteiger partial charge in [0.2, 0.25) is 5.91 Å². The predicted octanol–water partition coefficient (Wildman–Crippen LogP) is 1.16. The lowest BCUT2D eigenvalue weighted by Gasteiger charge is -2.39. The van der Waals surface area contributed by atoms with Crippen molar-refractivity contribution in [3.63, 3.8) is 0 Å². The predicted molar refractivity (Wildman–Crippen MR) is 108 cm³/mol. The van der Waals surface area contributed by atoms with Crippen LogP contribution in [-0.2, 0) is 21.1 Å². The Kier molecular flexibility index (Phi) is 5.69. The zero-order chi connectivity index (χ0) is 21.1. The van der Waals surface area contributed by atoms with E-state index >= 15 is 0 Å². The second-order valence-electron chi connectivity index (χ2n) is 7.12. The van der Waals surface area contributed by atoms with Crippen molar-refractivity contribution in [3.05, 3.63) is 59.7 Å². The van der Waals surface area contributed by atoms with Crippen LogP contribution in [0.5, 0.6) is 0 Å². The van der Waals surface area contributed by atoms with Crippen LogP contribution in [-0.4, -0.2) is 44.5 Å². The molecule has 1 heterocycles. The number of hydrogen-bond donors (Lipinski definition) is 2. The third-order valence-corrected chi connectivity index (χ3v) is 7.04. The van der Waals surface area contributed by atoms with E-state index in [9.17, 15) is 18.5 Å². The number of hydrogen-bond acceptors (Lipinski definition) is 6. The first-order valence-electron chi connectivity index (χ1n) is 8.99. The minimum absolute atomic E-state index is 0.0507. The topological polar surface area (TPSA) is 123 Å². The molecule has 1 saturated heterocycles. The molecule has 148 valence electrons. The van der Waals surface area contributed by atoms with Crippen LogP contribution < -0.4 is 10.6 Å². The molecule has 8 heteroatoms. The van der Waals surface area contributed by atoms with Gasteiger partial charge in [-0.15, -0.1) is 0 Å². The van der Waals surface area contributed by atoms with Gasteiger partial charge in [-0.25, -0.2) is 8.42 Å². The molecule has 2 aromatic rings. The van der Waals surface area contributed by atoms with Crippen molar-refractivity contribution in [1.29, 1.82) is 10.5 Å². The molecule has 1 aliphatic heterocycles. The van der Waals surface area contributed by atoms with Crippen molar-refractivity contribution in [2.24, 2.45) is 0 Å². The molecule has 0 bridgehead atoms. The average molecular weight is 408 g/mol. The fourth-order valence-corrected chi connectivity index (χ4v) is 4.29. The van der Waals surface area contributed by atoms with E-state index in [1.165, 1.54) is 0 Å². The molecule has 2 N–H and O–H groups in total. The minimum atomic E-state index is -3.60. The van der Waals surface area contributed by atoms with Crippen LogP contribution in [0.3, 0.4) is 0 Å². The summed E-state index contributed by atoms with van der Waals surface area (Å²) < 4.78 is 22.5. The lowest BCUT2D eigenvalue weighted by atomic mass is 9.98. The van der Waals surface area contributed by atoms with Crippen molar-refractivity contribution in [2.45, 2.75) is 17.2 Å². The average Bonchev–Trinajstić information content (AvgIpc) is 2.66.